The Hall–Kier alpha value is -1.78. The molecule has 0 fully saturated rings. The largest absolute Gasteiger partial charge is 0.491 e. The molecule has 0 spiro atoms. The van der Waals surface area contributed by atoms with Crippen molar-refractivity contribution < 1.29 is 19.0 Å². The van der Waals surface area contributed by atoms with E-state index in [0.29, 0.717) is 11.3 Å². The zero-order valence-electron chi connectivity index (χ0n) is 9.37. The number of carbonyl (C=O) groups is 1. The van der Waals surface area contributed by atoms with E-state index in [1.54, 1.807) is 6.92 Å². The van der Waals surface area contributed by atoms with Gasteiger partial charge in [0, 0.05) is 6.07 Å². The predicted molar refractivity (Wildman–Crippen MR) is 58.5 cm³/mol. The zero-order valence-corrected chi connectivity index (χ0v) is 9.37. The van der Waals surface area contributed by atoms with Crippen molar-refractivity contribution in [3.05, 3.63) is 23.5 Å². The third-order valence-corrected chi connectivity index (χ3v) is 1.87. The number of hydrogen-bond acceptors (Lipinski definition) is 2. The third kappa shape index (κ3) is 3.12. The molecule has 0 unspecified atom stereocenters. The van der Waals surface area contributed by atoms with Gasteiger partial charge in [0.1, 0.15) is 11.6 Å². The third-order valence-electron chi connectivity index (χ3n) is 1.87. The lowest BCUT2D eigenvalue weighted by atomic mass is 10.2. The quantitative estimate of drug-likeness (QED) is 0.834. The van der Waals surface area contributed by atoms with Crippen LogP contribution in [0, 0.1) is 12.7 Å². The normalized spacial score (nSPS) is 10.3. The minimum atomic E-state index is -1.31. The minimum absolute atomic E-state index is 0.0539. The summed E-state index contributed by atoms with van der Waals surface area (Å²) in [5.41, 5.74) is 0.524. The Morgan fingerprint density at radius 2 is 2.12 bits per heavy atom. The maximum atomic E-state index is 13.3. The molecule has 0 radical (unpaired) electrons. The van der Waals surface area contributed by atoms with Crippen molar-refractivity contribution >= 4 is 11.8 Å². The number of halogens is 1. The van der Waals surface area contributed by atoms with Crippen LogP contribution in [0.2, 0.25) is 0 Å². The van der Waals surface area contributed by atoms with Crippen LogP contribution in [0.1, 0.15) is 19.4 Å². The SMILES string of the molecule is Cc1cc(F)c(NC(=O)O)cc1OC(C)C. The van der Waals surface area contributed by atoms with Gasteiger partial charge < -0.3 is 9.84 Å². The Labute approximate surface area is 93.0 Å². The molecule has 1 rings (SSSR count). The first-order chi connectivity index (χ1) is 7.40. The first-order valence-corrected chi connectivity index (χ1v) is 4.87. The second-order valence-corrected chi connectivity index (χ2v) is 3.69. The Bertz CT molecular complexity index is 404. The summed E-state index contributed by atoms with van der Waals surface area (Å²) in [6.07, 6.45) is -1.36. The molecule has 0 aliphatic heterocycles. The molecular formula is C11H14FNO3. The van der Waals surface area contributed by atoms with Crippen LogP contribution in [0.15, 0.2) is 12.1 Å². The number of carboxylic acid groups (broad SMARTS) is 1. The highest BCUT2D eigenvalue weighted by Gasteiger charge is 2.11. The minimum Gasteiger partial charge on any atom is -0.491 e. The molecule has 0 aliphatic carbocycles. The first-order valence-electron chi connectivity index (χ1n) is 4.87. The lowest BCUT2D eigenvalue weighted by molar-refractivity contribution is 0.209. The molecule has 0 aliphatic rings. The predicted octanol–water partition coefficient (Wildman–Crippen LogP) is 3.01. The monoisotopic (exact) mass is 227 g/mol. The van der Waals surface area contributed by atoms with Crippen LogP contribution in [-0.2, 0) is 0 Å². The Morgan fingerprint density at radius 1 is 1.50 bits per heavy atom. The molecule has 88 valence electrons. The van der Waals surface area contributed by atoms with Gasteiger partial charge in [-0.2, -0.15) is 0 Å². The summed E-state index contributed by atoms with van der Waals surface area (Å²) in [6.45, 7) is 5.38. The Balaban J connectivity index is 3.05. The number of aryl methyl sites for hydroxylation is 1. The van der Waals surface area contributed by atoms with Gasteiger partial charge in [-0.05, 0) is 32.4 Å². The molecule has 1 aromatic carbocycles. The topological polar surface area (TPSA) is 58.6 Å². The fourth-order valence-corrected chi connectivity index (χ4v) is 1.24. The molecule has 0 saturated heterocycles. The van der Waals surface area contributed by atoms with E-state index in [2.05, 4.69) is 0 Å². The molecule has 0 aromatic heterocycles. The van der Waals surface area contributed by atoms with E-state index < -0.39 is 11.9 Å². The van der Waals surface area contributed by atoms with E-state index in [1.165, 1.54) is 12.1 Å². The van der Waals surface area contributed by atoms with Crippen LogP contribution in [0.25, 0.3) is 0 Å². The van der Waals surface area contributed by atoms with Gasteiger partial charge in [-0.3, -0.25) is 5.32 Å². The van der Waals surface area contributed by atoms with E-state index in [4.69, 9.17) is 9.84 Å². The number of hydrogen-bond donors (Lipinski definition) is 2. The number of amides is 1. The number of nitrogens with one attached hydrogen (secondary N) is 1. The lowest BCUT2D eigenvalue weighted by Crippen LogP contribution is -2.11. The Kier molecular flexibility index (Phi) is 3.71. The Morgan fingerprint density at radius 3 is 2.62 bits per heavy atom. The van der Waals surface area contributed by atoms with E-state index in [9.17, 15) is 9.18 Å². The van der Waals surface area contributed by atoms with Crippen molar-refractivity contribution in [1.29, 1.82) is 0 Å². The van der Waals surface area contributed by atoms with E-state index in [-0.39, 0.29) is 11.8 Å². The number of ether oxygens (including phenoxy) is 1. The summed E-state index contributed by atoms with van der Waals surface area (Å²) in [5, 5.41) is 10.5. The number of rotatable bonds is 3. The molecule has 0 bridgehead atoms. The smallest absolute Gasteiger partial charge is 0.409 e. The molecule has 2 N–H and O–H groups in total. The highest BCUT2D eigenvalue weighted by Crippen LogP contribution is 2.26. The molecule has 0 saturated carbocycles. The molecule has 1 amide bonds. The van der Waals surface area contributed by atoms with Gasteiger partial charge in [0.15, 0.2) is 0 Å². The summed E-state index contributed by atoms with van der Waals surface area (Å²) < 4.78 is 18.8. The molecule has 4 nitrogen and oxygen atoms in total. The van der Waals surface area contributed by atoms with Crippen molar-refractivity contribution in [2.75, 3.05) is 5.32 Å². The highest BCUT2D eigenvalue weighted by atomic mass is 19.1. The van der Waals surface area contributed by atoms with E-state index in [1.807, 2.05) is 19.2 Å². The average molecular weight is 227 g/mol. The van der Waals surface area contributed by atoms with Crippen LogP contribution >= 0.6 is 0 Å². The number of anilines is 1. The van der Waals surface area contributed by atoms with Gasteiger partial charge in [0.25, 0.3) is 0 Å². The average Bonchev–Trinajstić information content (AvgIpc) is 2.11. The van der Waals surface area contributed by atoms with Gasteiger partial charge in [-0.25, -0.2) is 9.18 Å². The fourth-order valence-electron chi connectivity index (χ4n) is 1.24. The summed E-state index contributed by atoms with van der Waals surface area (Å²) in [6, 6.07) is 2.59. The van der Waals surface area contributed by atoms with Crippen molar-refractivity contribution in [1.82, 2.24) is 0 Å². The van der Waals surface area contributed by atoms with Crippen molar-refractivity contribution in [3.63, 3.8) is 0 Å². The molecule has 16 heavy (non-hydrogen) atoms. The molecular weight excluding hydrogens is 213 g/mol. The molecule has 1 aromatic rings. The number of benzene rings is 1. The van der Waals surface area contributed by atoms with Crippen LogP contribution in [-0.4, -0.2) is 17.3 Å². The van der Waals surface area contributed by atoms with Gasteiger partial charge in [0.05, 0.1) is 11.8 Å². The van der Waals surface area contributed by atoms with E-state index in [0.717, 1.165) is 0 Å². The van der Waals surface area contributed by atoms with Gasteiger partial charge in [-0.15, -0.1) is 0 Å². The van der Waals surface area contributed by atoms with Crippen LogP contribution in [0.4, 0.5) is 14.9 Å². The highest BCUT2D eigenvalue weighted by molar-refractivity contribution is 5.83. The maximum absolute atomic E-state index is 13.3. The van der Waals surface area contributed by atoms with Crippen LogP contribution in [0.5, 0.6) is 5.75 Å². The molecule has 5 heteroatoms. The van der Waals surface area contributed by atoms with Crippen molar-refractivity contribution in [3.8, 4) is 5.75 Å². The lowest BCUT2D eigenvalue weighted by Gasteiger charge is -2.14. The summed E-state index contributed by atoms with van der Waals surface area (Å²) in [4.78, 5) is 10.4. The van der Waals surface area contributed by atoms with Gasteiger partial charge in [-0.1, -0.05) is 0 Å². The van der Waals surface area contributed by atoms with Gasteiger partial charge >= 0.3 is 6.09 Å². The zero-order chi connectivity index (χ0) is 12.3. The maximum Gasteiger partial charge on any atom is 0.409 e. The fraction of sp³-hybridized carbons (Fsp3) is 0.364. The summed E-state index contributed by atoms with van der Waals surface area (Å²) in [7, 11) is 0. The van der Waals surface area contributed by atoms with Crippen LogP contribution in [0.3, 0.4) is 0 Å². The van der Waals surface area contributed by atoms with Gasteiger partial charge in [0.2, 0.25) is 0 Å². The second kappa shape index (κ2) is 4.83. The van der Waals surface area contributed by atoms with E-state index >= 15 is 0 Å². The van der Waals surface area contributed by atoms with Crippen molar-refractivity contribution in [2.24, 2.45) is 0 Å². The second-order valence-electron chi connectivity index (χ2n) is 3.69. The van der Waals surface area contributed by atoms with Crippen LogP contribution < -0.4 is 10.1 Å². The molecule has 0 atom stereocenters. The summed E-state index contributed by atoms with van der Waals surface area (Å²) >= 11 is 0. The van der Waals surface area contributed by atoms with Crippen molar-refractivity contribution in [2.45, 2.75) is 26.9 Å². The first kappa shape index (κ1) is 12.3. The standard InChI is InChI=1S/C11H14FNO3/c1-6(2)16-10-5-9(13-11(14)15)8(12)4-7(10)3/h4-6,13H,1-3H3,(H,14,15). The summed E-state index contributed by atoms with van der Waals surface area (Å²) in [5.74, 6) is -0.142. The molecule has 0 heterocycles.